The molecule has 0 atom stereocenters. The highest BCUT2D eigenvalue weighted by Crippen LogP contribution is 2.30. The molecule has 6 nitrogen and oxygen atoms in total. The Kier molecular flexibility index (Phi) is 6.56. The number of hydrogen-bond acceptors (Lipinski definition) is 6. The van der Waals surface area contributed by atoms with E-state index in [9.17, 15) is 4.79 Å². The minimum absolute atomic E-state index is 0.0180. The molecule has 3 heterocycles. The summed E-state index contributed by atoms with van der Waals surface area (Å²) in [5.74, 6) is 6.69. The van der Waals surface area contributed by atoms with Crippen LogP contribution in [0.15, 0.2) is 17.5 Å². The zero-order valence-electron chi connectivity index (χ0n) is 17.0. The lowest BCUT2D eigenvalue weighted by Gasteiger charge is -2.17. The number of rotatable bonds is 5. The molecule has 0 fully saturated rings. The van der Waals surface area contributed by atoms with Gasteiger partial charge in [-0.1, -0.05) is 36.9 Å². The van der Waals surface area contributed by atoms with Crippen molar-refractivity contribution in [1.29, 1.82) is 0 Å². The molecule has 152 valence electrons. The van der Waals surface area contributed by atoms with Gasteiger partial charge in [0.2, 0.25) is 5.82 Å². The van der Waals surface area contributed by atoms with Gasteiger partial charge >= 0.3 is 5.97 Å². The molecule has 0 N–H and O–H groups in total. The van der Waals surface area contributed by atoms with Crippen molar-refractivity contribution in [3.8, 4) is 22.5 Å². The number of ether oxygens (including phenoxy) is 1. The molecule has 0 aliphatic rings. The second-order valence-electron chi connectivity index (χ2n) is 7.57. The minimum atomic E-state index is -0.609. The van der Waals surface area contributed by atoms with Crippen LogP contribution in [-0.4, -0.2) is 25.5 Å². The predicted octanol–water partition coefficient (Wildman–Crippen LogP) is 5.30. The van der Waals surface area contributed by atoms with Crippen LogP contribution in [0.3, 0.4) is 0 Å². The Hall–Kier alpha value is -2.43. The van der Waals surface area contributed by atoms with Crippen molar-refractivity contribution < 1.29 is 9.53 Å². The van der Waals surface area contributed by atoms with Crippen molar-refractivity contribution in [2.75, 3.05) is 0 Å². The Morgan fingerprint density at radius 3 is 2.76 bits per heavy atom. The highest BCUT2D eigenvalue weighted by atomic mass is 35.5. The van der Waals surface area contributed by atoms with E-state index in [-0.39, 0.29) is 17.9 Å². The summed E-state index contributed by atoms with van der Waals surface area (Å²) < 4.78 is 7.29. The number of unbranched alkanes of at least 4 members (excludes halogenated alkanes) is 2. The lowest BCUT2D eigenvalue weighted by molar-refractivity contribution is -0.156. The third-order valence-electron chi connectivity index (χ3n) is 4.09. The third-order valence-corrected chi connectivity index (χ3v) is 5.22. The molecule has 0 saturated carbocycles. The maximum absolute atomic E-state index is 12.3. The number of esters is 1. The molecule has 3 aromatic rings. The van der Waals surface area contributed by atoms with Gasteiger partial charge < -0.3 is 4.74 Å². The Labute approximate surface area is 179 Å². The number of imidazole rings is 1. The standard InChI is InChI=1S/C21H23ClN4O2S/c1-5-6-7-8-11-15-23-17(22)16-19(24-15)26(13-28-20(27)21(2,3)4)18(25-16)14-10-9-12-29-14/h9-10,12H,5-7,13H2,1-4H3. The normalized spacial score (nSPS) is 11.3. The van der Waals surface area contributed by atoms with E-state index in [0.29, 0.717) is 22.8 Å². The van der Waals surface area contributed by atoms with Crippen LogP contribution >= 0.6 is 22.9 Å². The number of aromatic nitrogens is 4. The van der Waals surface area contributed by atoms with Crippen LogP contribution in [0.5, 0.6) is 0 Å². The minimum Gasteiger partial charge on any atom is -0.443 e. The lowest BCUT2D eigenvalue weighted by atomic mass is 9.98. The van der Waals surface area contributed by atoms with Crippen LogP contribution in [0.2, 0.25) is 5.15 Å². The van der Waals surface area contributed by atoms with Crippen molar-refractivity contribution in [3.05, 3.63) is 28.5 Å². The van der Waals surface area contributed by atoms with Crippen LogP contribution in [-0.2, 0) is 16.3 Å². The predicted molar refractivity (Wildman–Crippen MR) is 116 cm³/mol. The van der Waals surface area contributed by atoms with Crippen LogP contribution in [0.4, 0.5) is 0 Å². The smallest absolute Gasteiger partial charge is 0.312 e. The number of fused-ring (bicyclic) bond motifs is 1. The average Bonchev–Trinajstić information content (AvgIpc) is 3.30. The molecule has 3 aromatic heterocycles. The van der Waals surface area contributed by atoms with E-state index in [4.69, 9.17) is 16.3 Å². The molecule has 0 amide bonds. The molecule has 3 rings (SSSR count). The first-order valence-corrected chi connectivity index (χ1v) is 10.7. The van der Waals surface area contributed by atoms with Gasteiger partial charge in [0.1, 0.15) is 5.52 Å². The van der Waals surface area contributed by atoms with E-state index >= 15 is 0 Å². The summed E-state index contributed by atoms with van der Waals surface area (Å²) in [4.78, 5) is 26.7. The average molecular weight is 431 g/mol. The Morgan fingerprint density at radius 1 is 1.31 bits per heavy atom. The fraction of sp³-hybridized carbons (Fsp3) is 0.429. The molecule has 0 spiro atoms. The topological polar surface area (TPSA) is 69.9 Å². The summed E-state index contributed by atoms with van der Waals surface area (Å²) in [7, 11) is 0. The van der Waals surface area contributed by atoms with E-state index in [2.05, 4.69) is 33.7 Å². The van der Waals surface area contributed by atoms with Gasteiger partial charge in [-0.2, -0.15) is 0 Å². The van der Waals surface area contributed by atoms with Gasteiger partial charge in [0.05, 0.1) is 10.3 Å². The molecule has 0 saturated heterocycles. The first-order valence-electron chi connectivity index (χ1n) is 9.45. The summed E-state index contributed by atoms with van der Waals surface area (Å²) in [6, 6.07) is 3.88. The summed E-state index contributed by atoms with van der Waals surface area (Å²) in [6.45, 7) is 7.53. The van der Waals surface area contributed by atoms with Gasteiger partial charge in [-0.15, -0.1) is 11.3 Å². The van der Waals surface area contributed by atoms with Gasteiger partial charge in [-0.25, -0.2) is 15.0 Å². The SMILES string of the molecule is CCCCC#Cc1nc(Cl)c2nc(-c3cccs3)n(COC(=O)C(C)(C)C)c2n1. The van der Waals surface area contributed by atoms with Gasteiger partial charge in [0.25, 0.3) is 0 Å². The van der Waals surface area contributed by atoms with Crippen molar-refractivity contribution in [1.82, 2.24) is 19.5 Å². The van der Waals surface area contributed by atoms with Crippen LogP contribution in [0, 0.1) is 17.3 Å². The molecule has 0 bridgehead atoms. The first kappa shape index (κ1) is 21.3. The van der Waals surface area contributed by atoms with E-state index in [1.165, 1.54) is 11.3 Å². The number of carbonyl (C=O) groups is 1. The first-order chi connectivity index (χ1) is 13.8. The van der Waals surface area contributed by atoms with Crippen molar-refractivity contribution in [3.63, 3.8) is 0 Å². The van der Waals surface area contributed by atoms with Crippen molar-refractivity contribution in [2.24, 2.45) is 5.41 Å². The van der Waals surface area contributed by atoms with Gasteiger partial charge in [0, 0.05) is 6.42 Å². The van der Waals surface area contributed by atoms with E-state index < -0.39 is 5.41 Å². The lowest BCUT2D eigenvalue weighted by Crippen LogP contribution is -2.24. The van der Waals surface area contributed by atoms with Gasteiger partial charge in [-0.3, -0.25) is 9.36 Å². The van der Waals surface area contributed by atoms with E-state index in [0.717, 1.165) is 24.1 Å². The molecule has 8 heteroatoms. The number of carbonyl (C=O) groups excluding carboxylic acids is 1. The van der Waals surface area contributed by atoms with Crippen LogP contribution in [0.25, 0.3) is 21.9 Å². The monoisotopic (exact) mass is 430 g/mol. The fourth-order valence-electron chi connectivity index (χ4n) is 2.49. The summed E-state index contributed by atoms with van der Waals surface area (Å²) >= 11 is 7.92. The number of thiophene rings is 1. The Morgan fingerprint density at radius 2 is 2.10 bits per heavy atom. The maximum Gasteiger partial charge on any atom is 0.312 e. The summed E-state index contributed by atoms with van der Waals surface area (Å²) in [5.41, 5.74) is 0.345. The maximum atomic E-state index is 12.3. The van der Waals surface area contributed by atoms with Gasteiger partial charge in [0.15, 0.2) is 23.4 Å². The molecule has 0 aliphatic heterocycles. The number of nitrogens with zero attached hydrogens (tertiary/aromatic N) is 4. The number of hydrogen-bond donors (Lipinski definition) is 0. The van der Waals surface area contributed by atoms with Crippen LogP contribution in [0.1, 0.15) is 52.8 Å². The Balaban J connectivity index is 2.06. The number of halogens is 1. The highest BCUT2D eigenvalue weighted by molar-refractivity contribution is 7.13. The summed E-state index contributed by atoms with van der Waals surface area (Å²) in [6.07, 6.45) is 2.87. The molecular weight excluding hydrogens is 408 g/mol. The Bertz CT molecular complexity index is 1070. The third kappa shape index (κ3) is 4.95. The highest BCUT2D eigenvalue weighted by Gasteiger charge is 2.25. The van der Waals surface area contributed by atoms with E-state index in [1.54, 1.807) is 4.57 Å². The van der Waals surface area contributed by atoms with Crippen molar-refractivity contribution in [2.45, 2.75) is 53.7 Å². The molecule has 0 unspecified atom stereocenters. The van der Waals surface area contributed by atoms with Gasteiger partial charge in [-0.05, 0) is 44.6 Å². The summed E-state index contributed by atoms with van der Waals surface area (Å²) in [5, 5.41) is 2.19. The molecular formula is C21H23ClN4O2S. The quantitative estimate of drug-likeness (QED) is 0.238. The fourth-order valence-corrected chi connectivity index (χ4v) is 3.41. The molecule has 0 aromatic carbocycles. The second-order valence-corrected chi connectivity index (χ2v) is 8.87. The zero-order chi connectivity index (χ0) is 21.0. The second kappa shape index (κ2) is 8.93. The molecule has 29 heavy (non-hydrogen) atoms. The zero-order valence-corrected chi connectivity index (χ0v) is 18.5. The van der Waals surface area contributed by atoms with Crippen LogP contribution < -0.4 is 0 Å². The molecule has 0 aliphatic carbocycles. The largest absolute Gasteiger partial charge is 0.443 e. The van der Waals surface area contributed by atoms with E-state index in [1.807, 2.05) is 38.3 Å². The molecule has 0 radical (unpaired) electrons. The van der Waals surface area contributed by atoms with Crippen molar-refractivity contribution >= 4 is 40.1 Å².